The van der Waals surface area contributed by atoms with Gasteiger partial charge in [-0.25, -0.2) is 0 Å². The van der Waals surface area contributed by atoms with Crippen molar-refractivity contribution in [3.05, 3.63) is 0 Å². The van der Waals surface area contributed by atoms with Crippen LogP contribution in [0.1, 0.15) is 182 Å². The summed E-state index contributed by atoms with van der Waals surface area (Å²) in [5, 5.41) is 3.11. The van der Waals surface area contributed by atoms with E-state index in [2.05, 4.69) is 33.0 Å². The Balaban J connectivity index is -0.000000528. The smallest absolute Gasteiger partial charge is 0.217 e. The molecule has 0 aliphatic rings. The molecule has 0 unspecified atom stereocenters. The topological polar surface area (TPSA) is 98.2 Å². The van der Waals surface area contributed by atoms with Crippen LogP contribution >= 0.6 is 0 Å². The van der Waals surface area contributed by atoms with Crippen LogP contribution < -0.4 is 16.8 Å². The minimum absolute atomic E-state index is 0.157. The quantitative estimate of drug-likeness (QED) is 0.0979. The zero-order valence-corrected chi connectivity index (χ0v) is 25.9. The summed E-state index contributed by atoms with van der Waals surface area (Å²) in [5.74, 6) is -0.313. The highest BCUT2D eigenvalue weighted by Gasteiger charge is 1.96. The van der Waals surface area contributed by atoms with Crippen molar-refractivity contribution in [2.45, 2.75) is 182 Å². The van der Waals surface area contributed by atoms with Crippen LogP contribution in [0.4, 0.5) is 0 Å². The van der Waals surface area contributed by atoms with E-state index in [0.29, 0.717) is 12.8 Å². The van der Waals surface area contributed by atoms with Gasteiger partial charge in [-0.1, -0.05) is 156 Å². The first-order chi connectivity index (χ1) is 18.0. The largest absolute Gasteiger partial charge is 0.370 e. The van der Waals surface area contributed by atoms with Crippen LogP contribution in [-0.4, -0.2) is 24.9 Å². The van der Waals surface area contributed by atoms with Gasteiger partial charge in [-0.3, -0.25) is 9.59 Å². The van der Waals surface area contributed by atoms with Crippen molar-refractivity contribution in [2.75, 3.05) is 13.1 Å². The molecule has 0 spiro atoms. The number of hydrogen-bond donors (Lipinski definition) is 3. The molecule has 5 heteroatoms. The van der Waals surface area contributed by atoms with E-state index in [9.17, 15) is 9.59 Å². The van der Waals surface area contributed by atoms with Crippen LogP contribution in [0.2, 0.25) is 0 Å². The lowest BCUT2D eigenvalue weighted by molar-refractivity contribution is -0.119. The molecule has 0 aromatic heterocycles. The monoisotopic (exact) mass is 528 g/mol. The van der Waals surface area contributed by atoms with Crippen molar-refractivity contribution in [1.29, 1.82) is 0 Å². The number of carbonyl (C=O) groups excluding carboxylic acids is 2. The number of nitrogens with one attached hydrogen (secondary N) is 1. The van der Waals surface area contributed by atoms with Crippen molar-refractivity contribution < 1.29 is 9.59 Å². The maximum atomic E-state index is 10.5. The molecule has 0 radical (unpaired) electrons. The van der Waals surface area contributed by atoms with E-state index in [0.717, 1.165) is 25.9 Å². The Labute approximate surface area is 233 Å². The van der Waals surface area contributed by atoms with Crippen LogP contribution in [0.5, 0.6) is 0 Å². The highest BCUT2D eigenvalue weighted by molar-refractivity contribution is 5.73. The van der Waals surface area contributed by atoms with Gasteiger partial charge in [-0.05, 0) is 25.9 Å². The molecule has 0 atom stereocenters. The highest BCUT2D eigenvalue weighted by Crippen LogP contribution is 2.12. The van der Waals surface area contributed by atoms with Crippen molar-refractivity contribution in [3.8, 4) is 0 Å². The summed E-state index contributed by atoms with van der Waals surface area (Å²) in [5.41, 5.74) is 10.1. The Morgan fingerprint density at radius 1 is 0.405 bits per heavy atom. The fourth-order valence-electron chi connectivity index (χ4n) is 4.18. The highest BCUT2D eigenvalue weighted by atomic mass is 16.1. The van der Waals surface area contributed by atoms with Gasteiger partial charge in [-0.2, -0.15) is 0 Å². The Morgan fingerprint density at radius 2 is 0.622 bits per heavy atom. The van der Waals surface area contributed by atoms with Crippen LogP contribution in [-0.2, 0) is 9.59 Å². The summed E-state index contributed by atoms with van der Waals surface area (Å²) in [7, 11) is 0. The van der Waals surface area contributed by atoms with Gasteiger partial charge in [0.05, 0.1) is 0 Å². The number of amides is 2. The van der Waals surface area contributed by atoms with E-state index in [1.54, 1.807) is 0 Å². The van der Waals surface area contributed by atoms with E-state index < -0.39 is 0 Å². The number of carbonyl (C=O) groups is 2. The fraction of sp³-hybridized carbons (Fsp3) is 0.938. The zero-order chi connectivity index (χ0) is 28.2. The molecule has 2 amide bonds. The Hall–Kier alpha value is -1.10. The third kappa shape index (κ3) is 52.2. The first kappa shape index (κ1) is 40.4. The summed E-state index contributed by atoms with van der Waals surface area (Å²) in [6.07, 6.45) is 30.0. The van der Waals surface area contributed by atoms with E-state index in [4.69, 9.17) is 11.5 Å². The van der Waals surface area contributed by atoms with E-state index in [-0.39, 0.29) is 11.8 Å². The lowest BCUT2D eigenvalue weighted by Crippen LogP contribution is -2.09. The summed E-state index contributed by atoms with van der Waals surface area (Å²) < 4.78 is 0. The Morgan fingerprint density at radius 3 is 0.784 bits per heavy atom. The fourth-order valence-corrected chi connectivity index (χ4v) is 4.18. The minimum Gasteiger partial charge on any atom is -0.370 e. The van der Waals surface area contributed by atoms with E-state index in [1.807, 2.05) is 0 Å². The third-order valence-electron chi connectivity index (χ3n) is 6.55. The van der Waals surface area contributed by atoms with Crippen molar-refractivity contribution in [3.63, 3.8) is 0 Å². The predicted octanol–water partition coefficient (Wildman–Crippen LogP) is 8.96. The molecular weight excluding hydrogens is 458 g/mol. The van der Waals surface area contributed by atoms with Crippen LogP contribution in [0, 0.1) is 0 Å². The van der Waals surface area contributed by atoms with E-state index in [1.165, 1.54) is 128 Å². The van der Waals surface area contributed by atoms with Crippen molar-refractivity contribution >= 4 is 11.8 Å². The second kappa shape index (κ2) is 39.4. The Bertz CT molecular complexity index is 392. The first-order valence-corrected chi connectivity index (χ1v) is 16.2. The lowest BCUT2D eigenvalue weighted by Gasteiger charge is -2.01. The van der Waals surface area contributed by atoms with Gasteiger partial charge in [0.25, 0.3) is 0 Å². The molecule has 0 saturated heterocycles. The second-order valence-electron chi connectivity index (χ2n) is 10.5. The maximum absolute atomic E-state index is 10.5. The summed E-state index contributed by atoms with van der Waals surface area (Å²) >= 11 is 0. The van der Waals surface area contributed by atoms with Crippen LogP contribution in [0.25, 0.3) is 0 Å². The second-order valence-corrected chi connectivity index (χ2v) is 10.5. The number of rotatable bonds is 26. The molecule has 0 aliphatic heterocycles. The minimum atomic E-state index is -0.157. The zero-order valence-electron chi connectivity index (χ0n) is 25.9. The van der Waals surface area contributed by atoms with Gasteiger partial charge < -0.3 is 16.8 Å². The lowest BCUT2D eigenvalue weighted by atomic mass is 10.1. The molecule has 0 aromatic rings. The molecular formula is C32H69N3O2. The molecule has 0 heterocycles. The summed E-state index contributed by atoms with van der Waals surface area (Å²) in [4.78, 5) is 21.0. The molecule has 0 bridgehead atoms. The van der Waals surface area contributed by atoms with Gasteiger partial charge in [0.15, 0.2) is 0 Å². The first-order valence-electron chi connectivity index (χ1n) is 16.2. The molecule has 224 valence electrons. The van der Waals surface area contributed by atoms with Crippen molar-refractivity contribution in [2.24, 2.45) is 11.5 Å². The number of primary amides is 2. The van der Waals surface area contributed by atoms with Gasteiger partial charge in [0, 0.05) is 12.8 Å². The van der Waals surface area contributed by atoms with Gasteiger partial charge in [0.2, 0.25) is 11.8 Å². The molecule has 37 heavy (non-hydrogen) atoms. The maximum Gasteiger partial charge on any atom is 0.217 e. The molecule has 0 aliphatic carbocycles. The third-order valence-corrected chi connectivity index (χ3v) is 6.55. The molecule has 0 aromatic carbocycles. The average molecular weight is 528 g/mol. The molecule has 0 rings (SSSR count). The molecule has 5 nitrogen and oxygen atoms in total. The number of nitrogens with two attached hydrogens (primary N) is 2. The molecule has 0 fully saturated rings. The normalized spacial score (nSPS) is 10.3. The molecule has 5 N–H and O–H groups in total. The summed E-state index contributed by atoms with van der Waals surface area (Å²) in [6.45, 7) is 10.9. The van der Waals surface area contributed by atoms with Crippen molar-refractivity contribution in [1.82, 2.24) is 5.32 Å². The van der Waals surface area contributed by atoms with E-state index >= 15 is 0 Å². The number of unbranched alkanes of at least 4 members (excludes halogenated alkanes) is 20. The van der Waals surface area contributed by atoms with Gasteiger partial charge >= 0.3 is 0 Å². The predicted molar refractivity (Wildman–Crippen MR) is 165 cm³/mol. The average Bonchev–Trinajstić information content (AvgIpc) is 2.87. The van der Waals surface area contributed by atoms with Crippen LogP contribution in [0.3, 0.4) is 0 Å². The standard InChI is InChI=1S/2C14H29NO.C4H11N/c2*1-2-3-4-5-6-7-8-9-10-11-12-13-14(15)16;1-3-5-4-2/h2*2-13H2,1H3,(H2,15,16);5H,3-4H2,1-2H3. The Kier molecular flexibility index (Phi) is 43.0. The van der Waals surface area contributed by atoms with Gasteiger partial charge in [0.1, 0.15) is 0 Å². The van der Waals surface area contributed by atoms with Gasteiger partial charge in [-0.15, -0.1) is 0 Å². The number of hydrogen-bond acceptors (Lipinski definition) is 3. The van der Waals surface area contributed by atoms with Crippen LogP contribution in [0.15, 0.2) is 0 Å². The SMILES string of the molecule is CCCCCCCCCCCCCC(N)=O.CCCCCCCCCCCCCC(N)=O.CCNCC. The molecule has 0 saturated carbocycles. The summed E-state index contributed by atoms with van der Waals surface area (Å²) in [6, 6.07) is 0.